The molecule has 36 heavy (non-hydrogen) atoms. The van der Waals surface area contributed by atoms with Gasteiger partial charge in [-0.3, -0.25) is 15.0 Å². The number of methoxy groups -OCH3 is 2. The number of hydrazone groups is 1. The first-order valence-corrected chi connectivity index (χ1v) is 12.5. The summed E-state index contributed by atoms with van der Waals surface area (Å²) >= 11 is 0. The molecule has 1 aliphatic heterocycles. The molecule has 1 rings (SSSR count). The number of amides is 3. The van der Waals surface area contributed by atoms with Crippen molar-refractivity contribution < 1.29 is 44.3 Å². The second-order valence-corrected chi connectivity index (χ2v) is 9.96. The predicted octanol–water partition coefficient (Wildman–Crippen LogP) is 2.71. The summed E-state index contributed by atoms with van der Waals surface area (Å²) in [5.74, 6) is -1.50. The molecule has 0 aromatic carbocycles. The van der Waals surface area contributed by atoms with E-state index in [2.05, 4.69) is 24.2 Å². The van der Waals surface area contributed by atoms with E-state index in [1.807, 2.05) is 20.8 Å². The van der Waals surface area contributed by atoms with Crippen LogP contribution in [0.2, 0.25) is 0 Å². The quantitative estimate of drug-likeness (QED) is 0.209. The first-order valence-electron chi connectivity index (χ1n) is 12.5. The average Bonchev–Trinajstić information content (AvgIpc) is 3.30. The van der Waals surface area contributed by atoms with Gasteiger partial charge in [-0.05, 0) is 24.7 Å². The first-order chi connectivity index (χ1) is 16.5. The minimum absolute atomic E-state index is 0. The molecule has 1 fully saturated rings. The smallest absolute Gasteiger partial charge is 0.247 e. The Morgan fingerprint density at radius 2 is 1.81 bits per heavy atom. The van der Waals surface area contributed by atoms with Gasteiger partial charge in [0, 0.05) is 60.9 Å². The van der Waals surface area contributed by atoms with Crippen LogP contribution in [0.25, 0.3) is 5.73 Å². The maximum absolute atomic E-state index is 13.5. The molecule has 3 amide bonds. The van der Waals surface area contributed by atoms with Gasteiger partial charge in [0.15, 0.2) is 0 Å². The number of ether oxygens (including phenoxy) is 2. The van der Waals surface area contributed by atoms with E-state index in [1.165, 1.54) is 7.11 Å². The van der Waals surface area contributed by atoms with E-state index in [9.17, 15) is 14.4 Å². The largest absolute Gasteiger partial charge is 0.667 e. The van der Waals surface area contributed by atoms with Gasteiger partial charge in [0.1, 0.15) is 6.04 Å². The first kappa shape index (κ1) is 34.5. The second-order valence-electron chi connectivity index (χ2n) is 9.96. The molecule has 7 atom stereocenters. The van der Waals surface area contributed by atoms with Crippen LogP contribution >= 0.6 is 0 Å². The van der Waals surface area contributed by atoms with Crippen LogP contribution in [0.4, 0.5) is 0 Å². The zero-order chi connectivity index (χ0) is 26.9. The van der Waals surface area contributed by atoms with Crippen molar-refractivity contribution >= 4 is 24.4 Å². The Hall–Kier alpha value is -1.54. The Bertz CT molecular complexity index is 725. The van der Waals surface area contributed by atoms with Crippen LogP contribution in [-0.2, 0) is 44.3 Å². The van der Waals surface area contributed by atoms with Crippen LogP contribution in [-0.4, -0.2) is 92.4 Å². The summed E-state index contributed by atoms with van der Waals surface area (Å²) in [5.41, 5.74) is 10.3. The number of hydrogen-bond acceptors (Lipinski definition) is 7. The van der Waals surface area contributed by atoms with E-state index < -0.39 is 30.1 Å². The minimum Gasteiger partial charge on any atom is -0.667 e. The third kappa shape index (κ3) is 8.51. The van der Waals surface area contributed by atoms with E-state index in [1.54, 1.807) is 30.9 Å². The predicted molar refractivity (Wildman–Crippen MR) is 137 cm³/mol. The Labute approximate surface area is 230 Å². The molecule has 1 saturated heterocycles. The molecule has 0 bridgehead atoms. The van der Waals surface area contributed by atoms with Crippen LogP contribution in [0.15, 0.2) is 5.10 Å². The summed E-state index contributed by atoms with van der Waals surface area (Å²) in [6.45, 7) is 13.7. The number of hydrogen-bond donors (Lipinski definition) is 1. The van der Waals surface area contributed by atoms with Gasteiger partial charge < -0.3 is 29.8 Å². The zero-order valence-electron chi connectivity index (χ0n) is 23.1. The minimum atomic E-state index is -0.704. The van der Waals surface area contributed by atoms with E-state index in [-0.39, 0.29) is 62.6 Å². The molecule has 10 nitrogen and oxygen atoms in total. The normalized spacial score (nSPS) is 20.5. The topological polar surface area (TPSA) is 124 Å². The van der Waals surface area contributed by atoms with Gasteiger partial charge in [-0.15, -0.1) is 0 Å². The van der Waals surface area contributed by atoms with Crippen LogP contribution in [0.3, 0.4) is 0 Å². The molecule has 11 heteroatoms. The Balaban J connectivity index is 0.0000122. The standard InChI is InChI=1S/C25H47N5O5.Re/c1-10-16(4)22(29(7)25(33)21(15(2)3)28-27-6)19(34-8)14-20(31)30-13-11-12-18(30)23(35-9)17(5)24(26)32;/h15-19,21-23,28H,6,10-14H2,1-5,7-9H3,(H2,26,32);/p-1. The van der Waals surface area contributed by atoms with Gasteiger partial charge in [0.25, 0.3) is 0 Å². The van der Waals surface area contributed by atoms with Crippen LogP contribution < -0.4 is 5.43 Å². The number of likely N-dealkylation sites (tertiary alicyclic amines) is 1. The second kappa shape index (κ2) is 16.3. The van der Waals surface area contributed by atoms with E-state index in [4.69, 9.17) is 15.2 Å². The molecular formula is C25H46N5O5Re-. The zero-order valence-corrected chi connectivity index (χ0v) is 25.8. The monoisotopic (exact) mass is 683 g/mol. The van der Waals surface area contributed by atoms with Crippen LogP contribution in [0, 0.1) is 17.8 Å². The fourth-order valence-corrected chi connectivity index (χ4v) is 5.11. The van der Waals surface area contributed by atoms with Gasteiger partial charge in [0.2, 0.25) is 11.8 Å². The summed E-state index contributed by atoms with van der Waals surface area (Å²) in [5, 5.41) is 3.72. The summed E-state index contributed by atoms with van der Waals surface area (Å²) < 4.78 is 11.4. The van der Waals surface area contributed by atoms with Gasteiger partial charge in [-0.2, -0.15) is 5.10 Å². The van der Waals surface area contributed by atoms with E-state index >= 15 is 0 Å². The van der Waals surface area contributed by atoms with Gasteiger partial charge in [0.05, 0.1) is 36.6 Å². The number of likely N-dealkylation sites (N-methyl/N-ethyl adjacent to an activating group) is 1. The van der Waals surface area contributed by atoms with Gasteiger partial charge in [-0.1, -0.05) is 41.0 Å². The molecule has 209 valence electrons. The molecule has 0 aliphatic carbocycles. The molecule has 0 aromatic heterocycles. The average molecular weight is 683 g/mol. The Kier molecular flexibility index (Phi) is 15.6. The van der Waals surface area contributed by atoms with Crippen molar-refractivity contribution in [3.8, 4) is 0 Å². The molecule has 1 radical (unpaired) electrons. The van der Waals surface area contributed by atoms with Gasteiger partial charge in [-0.25, -0.2) is 0 Å². The fraction of sp³-hybridized carbons (Fsp3) is 0.840. The Morgan fingerprint density at radius 1 is 1.19 bits per heavy atom. The third-order valence-corrected chi connectivity index (χ3v) is 7.42. The van der Waals surface area contributed by atoms with Crippen molar-refractivity contribution in [2.24, 2.45) is 22.9 Å². The maximum Gasteiger partial charge on any atom is 0.247 e. The summed E-state index contributed by atoms with van der Waals surface area (Å²) in [4.78, 5) is 42.0. The number of nitrogens with zero attached hydrogens (tertiary/aromatic N) is 3. The van der Waals surface area contributed by atoms with E-state index in [0.29, 0.717) is 13.0 Å². The van der Waals surface area contributed by atoms with Crippen molar-refractivity contribution in [3.63, 3.8) is 0 Å². The maximum atomic E-state index is 13.5. The van der Waals surface area contributed by atoms with E-state index in [0.717, 1.165) is 12.8 Å². The SMILES string of the molecule is C=NNC(C(=O)N(C)C(C(C)CC)C(CC(=O)N1CCCC1C(OC)C(C)C([NH-])=O)OC)C(C)C.[Re]. The number of rotatable bonds is 15. The Morgan fingerprint density at radius 3 is 2.25 bits per heavy atom. The third-order valence-electron chi connectivity index (χ3n) is 7.42. The van der Waals surface area contributed by atoms with Crippen molar-refractivity contribution in [1.29, 1.82) is 0 Å². The van der Waals surface area contributed by atoms with Crippen molar-refractivity contribution in [1.82, 2.24) is 15.2 Å². The number of carbonyl (C=O) groups excluding carboxylic acids is 3. The molecule has 1 heterocycles. The number of carbonyl (C=O) groups is 3. The van der Waals surface area contributed by atoms with Crippen molar-refractivity contribution in [2.45, 2.75) is 90.6 Å². The molecule has 7 unspecified atom stereocenters. The molecule has 0 saturated carbocycles. The summed E-state index contributed by atoms with van der Waals surface area (Å²) in [6, 6.07) is -1.14. The molecule has 2 N–H and O–H groups in total. The van der Waals surface area contributed by atoms with Crippen molar-refractivity contribution in [2.75, 3.05) is 27.8 Å². The van der Waals surface area contributed by atoms with Crippen molar-refractivity contribution in [3.05, 3.63) is 5.73 Å². The summed E-state index contributed by atoms with van der Waals surface area (Å²) in [6.07, 6.45) is 1.36. The fourth-order valence-electron chi connectivity index (χ4n) is 5.11. The van der Waals surface area contributed by atoms with Crippen LogP contribution in [0.5, 0.6) is 0 Å². The number of nitrogens with one attached hydrogen (secondary N) is 2. The summed E-state index contributed by atoms with van der Waals surface area (Å²) in [7, 11) is 4.83. The molecule has 0 aromatic rings. The molecule has 0 spiro atoms. The molecular weight excluding hydrogens is 637 g/mol. The molecule has 1 aliphatic rings. The van der Waals surface area contributed by atoms with Gasteiger partial charge >= 0.3 is 0 Å². The van der Waals surface area contributed by atoms with Crippen LogP contribution in [0.1, 0.15) is 60.3 Å².